The molecule has 4 aliphatic rings. The van der Waals surface area contributed by atoms with Gasteiger partial charge >= 0.3 is 0 Å². The minimum Gasteiger partial charge on any atom is -0.259 e. The van der Waals surface area contributed by atoms with Gasteiger partial charge in [-0.05, 0) is 51.4 Å². The zero-order valence-corrected chi connectivity index (χ0v) is 18.3. The highest BCUT2D eigenvalue weighted by atomic mass is 32.2. The van der Waals surface area contributed by atoms with Gasteiger partial charge in [-0.15, -0.1) is 0 Å². The molecule has 4 heteroatoms. The quantitative estimate of drug-likeness (QED) is 0.578. The fraction of sp³-hybridized carbons (Fsp3) is 1.00. The summed E-state index contributed by atoms with van der Waals surface area (Å²) in [5.41, 5.74) is 0. The maximum absolute atomic E-state index is 12.3. The second-order valence-electron chi connectivity index (χ2n) is 8.99. The zero-order chi connectivity index (χ0) is 18.2. The van der Waals surface area contributed by atoms with Gasteiger partial charge in [-0.25, -0.2) is 0 Å². The van der Waals surface area contributed by atoms with E-state index in [1.165, 1.54) is 116 Å². The van der Waals surface area contributed by atoms with Crippen molar-refractivity contribution in [3.8, 4) is 0 Å². The topological polar surface area (TPSA) is 34.1 Å². The Morgan fingerprint density at radius 3 is 0.769 bits per heavy atom. The lowest BCUT2D eigenvalue weighted by Crippen LogP contribution is -2.29. The van der Waals surface area contributed by atoms with Crippen molar-refractivity contribution in [2.75, 3.05) is 0 Å². The summed E-state index contributed by atoms with van der Waals surface area (Å²) in [4.78, 5) is 0. The fourth-order valence-electron chi connectivity index (χ4n) is 5.38. The van der Waals surface area contributed by atoms with Crippen molar-refractivity contribution in [1.29, 1.82) is 0 Å². The number of rotatable bonds is 4. The molecule has 2 nitrogen and oxygen atoms in total. The van der Waals surface area contributed by atoms with Crippen molar-refractivity contribution >= 4 is 21.6 Å². The van der Waals surface area contributed by atoms with E-state index < -0.39 is 21.6 Å². The Labute approximate surface area is 166 Å². The SMILES string of the molecule is O=S(C1CCCC1)C1CCCC1.O=S(C1CCCCC1)C1CCCCC1. The highest BCUT2D eigenvalue weighted by Gasteiger charge is 2.29. The molecule has 0 unspecified atom stereocenters. The first-order valence-electron chi connectivity index (χ1n) is 11.5. The molecule has 0 aromatic carbocycles. The van der Waals surface area contributed by atoms with Gasteiger partial charge < -0.3 is 0 Å². The molecule has 4 fully saturated rings. The van der Waals surface area contributed by atoms with Crippen LogP contribution in [0, 0.1) is 0 Å². The highest BCUT2D eigenvalue weighted by Crippen LogP contribution is 2.31. The van der Waals surface area contributed by atoms with E-state index in [-0.39, 0.29) is 0 Å². The Balaban J connectivity index is 0.000000152. The van der Waals surface area contributed by atoms with Crippen LogP contribution in [0.4, 0.5) is 0 Å². The van der Waals surface area contributed by atoms with Crippen LogP contribution in [0.15, 0.2) is 0 Å². The molecule has 4 rings (SSSR count). The minimum atomic E-state index is -0.493. The maximum atomic E-state index is 12.3. The summed E-state index contributed by atoms with van der Waals surface area (Å²) in [6, 6.07) is 0. The zero-order valence-electron chi connectivity index (χ0n) is 16.7. The molecule has 0 bridgehead atoms. The summed E-state index contributed by atoms with van der Waals surface area (Å²) < 4.78 is 24.2. The third-order valence-electron chi connectivity index (χ3n) is 7.02. The molecule has 0 saturated heterocycles. The molecule has 0 radical (unpaired) electrons. The highest BCUT2D eigenvalue weighted by molar-refractivity contribution is 7.86. The molecular weight excluding hydrogens is 360 g/mol. The van der Waals surface area contributed by atoms with E-state index >= 15 is 0 Å². The molecule has 0 heterocycles. The van der Waals surface area contributed by atoms with Crippen LogP contribution in [0.1, 0.15) is 116 Å². The van der Waals surface area contributed by atoms with Gasteiger partial charge in [-0.3, -0.25) is 8.42 Å². The van der Waals surface area contributed by atoms with E-state index in [0.29, 0.717) is 21.0 Å². The molecule has 152 valence electrons. The lowest BCUT2D eigenvalue weighted by molar-refractivity contribution is 0.476. The third kappa shape index (κ3) is 6.15. The largest absolute Gasteiger partial charge is 0.259 e. The first-order valence-corrected chi connectivity index (χ1v) is 14.1. The van der Waals surface area contributed by atoms with Gasteiger partial charge in [0.05, 0.1) is 0 Å². The Morgan fingerprint density at radius 1 is 0.346 bits per heavy atom. The maximum Gasteiger partial charge on any atom is 0.0350 e. The normalized spacial score (nSPS) is 27.2. The predicted molar refractivity (Wildman–Crippen MR) is 115 cm³/mol. The molecule has 0 spiro atoms. The number of hydrogen-bond donors (Lipinski definition) is 0. The van der Waals surface area contributed by atoms with Gasteiger partial charge in [-0.2, -0.15) is 0 Å². The standard InChI is InChI=1S/C12H22OS.C10H18OS/c13-14(11-7-3-1-4-8-11)12-9-5-2-6-10-12;11-12(9-5-1-2-6-9)10-7-3-4-8-10/h11-12H,1-10H2;9-10H,1-8H2. The summed E-state index contributed by atoms with van der Waals surface area (Å²) in [5, 5.41) is 2.28. The first kappa shape index (κ1) is 21.0. The summed E-state index contributed by atoms with van der Waals surface area (Å²) >= 11 is 0. The number of hydrogen-bond acceptors (Lipinski definition) is 2. The first-order chi connectivity index (χ1) is 12.8. The van der Waals surface area contributed by atoms with Crippen molar-refractivity contribution in [1.82, 2.24) is 0 Å². The van der Waals surface area contributed by atoms with Crippen molar-refractivity contribution in [2.24, 2.45) is 0 Å². The lowest BCUT2D eigenvalue weighted by atomic mass is 10.00. The molecular formula is C22H40O2S2. The third-order valence-corrected chi connectivity index (χ3v) is 11.5. The van der Waals surface area contributed by atoms with E-state index in [1.54, 1.807) is 0 Å². The van der Waals surface area contributed by atoms with Crippen molar-refractivity contribution < 1.29 is 8.42 Å². The summed E-state index contributed by atoms with van der Waals surface area (Å²) in [5.74, 6) is 0. The van der Waals surface area contributed by atoms with Crippen LogP contribution in [0.3, 0.4) is 0 Å². The molecule has 0 N–H and O–H groups in total. The molecule has 0 amide bonds. The second-order valence-corrected chi connectivity index (χ2v) is 13.0. The lowest BCUT2D eigenvalue weighted by Gasteiger charge is -2.28. The molecule has 0 aliphatic heterocycles. The smallest absolute Gasteiger partial charge is 0.0350 e. The van der Waals surface area contributed by atoms with Crippen LogP contribution in [-0.4, -0.2) is 29.4 Å². The van der Waals surface area contributed by atoms with Gasteiger partial charge in [0, 0.05) is 42.6 Å². The Bertz CT molecular complexity index is 403. The average molecular weight is 401 g/mol. The molecule has 0 atom stereocenters. The summed E-state index contributed by atoms with van der Waals surface area (Å²) in [6.45, 7) is 0. The van der Waals surface area contributed by atoms with Crippen LogP contribution in [-0.2, 0) is 21.6 Å². The van der Waals surface area contributed by atoms with E-state index in [9.17, 15) is 8.42 Å². The van der Waals surface area contributed by atoms with E-state index in [4.69, 9.17) is 0 Å². The molecule has 0 aromatic rings. The molecule has 4 aliphatic carbocycles. The Morgan fingerprint density at radius 2 is 0.538 bits per heavy atom. The van der Waals surface area contributed by atoms with Gasteiger partial charge in [0.15, 0.2) is 0 Å². The van der Waals surface area contributed by atoms with Crippen molar-refractivity contribution in [2.45, 2.75) is 137 Å². The van der Waals surface area contributed by atoms with Crippen LogP contribution >= 0.6 is 0 Å². The van der Waals surface area contributed by atoms with Gasteiger partial charge in [0.2, 0.25) is 0 Å². The Kier molecular flexibility index (Phi) is 9.17. The van der Waals surface area contributed by atoms with E-state index in [0.717, 1.165) is 0 Å². The fourth-order valence-corrected chi connectivity index (χ4v) is 9.66. The van der Waals surface area contributed by atoms with Crippen molar-refractivity contribution in [3.63, 3.8) is 0 Å². The summed E-state index contributed by atoms with van der Waals surface area (Å²) in [6.07, 6.45) is 23.2. The monoisotopic (exact) mass is 400 g/mol. The predicted octanol–water partition coefficient (Wildman–Crippen LogP) is 6.02. The molecule has 26 heavy (non-hydrogen) atoms. The minimum absolute atomic E-state index is 0.471. The van der Waals surface area contributed by atoms with Crippen LogP contribution in [0.2, 0.25) is 0 Å². The van der Waals surface area contributed by atoms with Gasteiger partial charge in [0.25, 0.3) is 0 Å². The van der Waals surface area contributed by atoms with Crippen LogP contribution < -0.4 is 0 Å². The van der Waals surface area contributed by atoms with Gasteiger partial charge in [0.1, 0.15) is 0 Å². The van der Waals surface area contributed by atoms with E-state index in [2.05, 4.69) is 0 Å². The van der Waals surface area contributed by atoms with Crippen LogP contribution in [0.25, 0.3) is 0 Å². The molecule has 4 saturated carbocycles. The van der Waals surface area contributed by atoms with E-state index in [1.807, 2.05) is 0 Å². The van der Waals surface area contributed by atoms with Crippen molar-refractivity contribution in [3.05, 3.63) is 0 Å². The Hall–Kier alpha value is 0.300. The summed E-state index contributed by atoms with van der Waals surface area (Å²) in [7, 11) is -0.964. The second kappa shape index (κ2) is 11.3. The van der Waals surface area contributed by atoms with Crippen LogP contribution in [0.5, 0.6) is 0 Å². The van der Waals surface area contributed by atoms with Gasteiger partial charge in [-0.1, -0.05) is 64.2 Å². The molecule has 0 aromatic heterocycles. The average Bonchev–Trinajstić information content (AvgIpc) is 3.43.